The molecule has 3 aliphatic heterocycles. The number of fused-ring (bicyclic) bond motifs is 3. The molecule has 0 bridgehead atoms. The lowest BCUT2D eigenvalue weighted by molar-refractivity contribution is -0.0196. The maximum absolute atomic E-state index is 14.8. The van der Waals surface area contributed by atoms with Gasteiger partial charge >= 0.3 is 0 Å². The average molecular weight is 473 g/mol. The Morgan fingerprint density at radius 2 is 1.94 bits per heavy atom. The number of aromatic nitrogens is 3. The second-order valence-electron chi connectivity index (χ2n) is 8.96. The van der Waals surface area contributed by atoms with Gasteiger partial charge in [0.15, 0.2) is 17.3 Å². The second-order valence-corrected chi connectivity index (χ2v) is 8.96. The first-order chi connectivity index (χ1) is 17.0. The quantitative estimate of drug-likeness (QED) is 0.454. The number of carbonyl (C=O) groups excluding carboxylic acids is 1. The van der Waals surface area contributed by atoms with E-state index in [1.807, 2.05) is 33.8 Å². The maximum Gasteiger partial charge on any atom is 0.278 e. The molecule has 7 rings (SSSR count). The van der Waals surface area contributed by atoms with Crippen molar-refractivity contribution in [2.75, 3.05) is 24.8 Å². The molecular formula is C25H20FN5O4. The number of pyridine rings is 1. The predicted octanol–water partition coefficient (Wildman–Crippen LogP) is 1.94. The fourth-order valence-electron chi connectivity index (χ4n) is 5.63. The first-order valence-electron chi connectivity index (χ1n) is 11.4. The minimum Gasteiger partial charge on any atom is -0.502 e. The molecule has 2 aromatic heterocycles. The Labute approximate surface area is 198 Å². The molecule has 5 heterocycles. The van der Waals surface area contributed by atoms with Gasteiger partial charge in [0.25, 0.3) is 5.91 Å². The molecule has 3 aliphatic rings. The monoisotopic (exact) mass is 473 g/mol. The van der Waals surface area contributed by atoms with Crippen LogP contribution in [0, 0.1) is 5.82 Å². The Kier molecular flexibility index (Phi) is 4.13. The topological polar surface area (TPSA) is 92.8 Å². The van der Waals surface area contributed by atoms with Crippen LogP contribution in [0.2, 0.25) is 0 Å². The van der Waals surface area contributed by atoms with Gasteiger partial charge in [-0.3, -0.25) is 19.3 Å². The summed E-state index contributed by atoms with van der Waals surface area (Å²) in [6, 6.07) is 11.8. The van der Waals surface area contributed by atoms with Crippen LogP contribution in [0.5, 0.6) is 5.75 Å². The average Bonchev–Trinajstić information content (AvgIpc) is 3.24. The molecule has 0 radical (unpaired) electrons. The van der Waals surface area contributed by atoms with Crippen LogP contribution >= 0.6 is 0 Å². The highest BCUT2D eigenvalue weighted by molar-refractivity contribution is 5.96. The zero-order valence-corrected chi connectivity index (χ0v) is 18.5. The number of hydrogen-bond donors (Lipinski definition) is 1. The third kappa shape index (κ3) is 2.68. The van der Waals surface area contributed by atoms with Crippen molar-refractivity contribution in [3.8, 4) is 5.75 Å². The van der Waals surface area contributed by atoms with Crippen LogP contribution in [-0.4, -0.2) is 56.1 Å². The number of hydrogen-bond acceptors (Lipinski definition) is 6. The first-order valence-corrected chi connectivity index (χ1v) is 11.4. The van der Waals surface area contributed by atoms with Crippen LogP contribution in [-0.2, 0) is 11.3 Å². The number of benzene rings is 2. The summed E-state index contributed by atoms with van der Waals surface area (Å²) in [5.41, 5.74) is 3.00. The number of morpholine rings is 1. The molecule has 176 valence electrons. The van der Waals surface area contributed by atoms with Crippen molar-refractivity contribution in [1.29, 1.82) is 0 Å². The molecule has 0 aliphatic carbocycles. The summed E-state index contributed by atoms with van der Waals surface area (Å²) in [7, 11) is 0. The summed E-state index contributed by atoms with van der Waals surface area (Å²) < 4.78 is 24.1. The second kappa shape index (κ2) is 7.16. The van der Waals surface area contributed by atoms with Crippen LogP contribution < -0.4 is 10.4 Å². The van der Waals surface area contributed by atoms with Crippen molar-refractivity contribution >= 4 is 16.9 Å². The van der Waals surface area contributed by atoms with Crippen molar-refractivity contribution in [2.24, 2.45) is 0 Å². The number of ether oxygens (including phenoxy) is 1. The van der Waals surface area contributed by atoms with Crippen LogP contribution in [0.25, 0.3) is 11.0 Å². The van der Waals surface area contributed by atoms with Crippen molar-refractivity contribution in [3.63, 3.8) is 0 Å². The van der Waals surface area contributed by atoms with E-state index in [4.69, 9.17) is 4.74 Å². The zero-order valence-electron chi connectivity index (χ0n) is 18.5. The fraction of sp³-hybridized carbons (Fsp3) is 0.240. The molecule has 2 unspecified atom stereocenters. The lowest BCUT2D eigenvalue weighted by Crippen LogP contribution is -2.66. The number of amides is 1. The maximum atomic E-state index is 14.8. The van der Waals surface area contributed by atoms with Gasteiger partial charge in [0.1, 0.15) is 17.7 Å². The summed E-state index contributed by atoms with van der Waals surface area (Å²) >= 11 is 0. The number of nitrogens with zero attached hydrogens (tertiary/aromatic N) is 5. The highest BCUT2D eigenvalue weighted by Gasteiger charge is 2.46. The van der Waals surface area contributed by atoms with Crippen LogP contribution in [0.15, 0.2) is 59.8 Å². The van der Waals surface area contributed by atoms with E-state index in [2.05, 4.69) is 4.98 Å². The Morgan fingerprint density at radius 1 is 1.09 bits per heavy atom. The number of imidazole rings is 1. The molecule has 1 fully saturated rings. The van der Waals surface area contributed by atoms with Crippen LogP contribution in [0.3, 0.4) is 0 Å². The van der Waals surface area contributed by atoms with Crippen LogP contribution in [0.1, 0.15) is 33.2 Å². The third-order valence-corrected chi connectivity index (χ3v) is 7.17. The molecule has 4 aromatic rings. The van der Waals surface area contributed by atoms with Gasteiger partial charge in [0, 0.05) is 30.9 Å². The van der Waals surface area contributed by atoms with Crippen molar-refractivity contribution < 1.29 is 19.0 Å². The molecule has 2 atom stereocenters. The van der Waals surface area contributed by atoms with Crippen molar-refractivity contribution in [3.05, 3.63) is 93.4 Å². The van der Waals surface area contributed by atoms with E-state index in [0.29, 0.717) is 25.2 Å². The third-order valence-electron chi connectivity index (χ3n) is 7.17. The summed E-state index contributed by atoms with van der Waals surface area (Å²) in [5, 5.41) is 12.6. The van der Waals surface area contributed by atoms with Gasteiger partial charge in [-0.15, -0.1) is 0 Å². The lowest BCUT2D eigenvalue weighted by Gasteiger charge is -2.51. The molecule has 2 aromatic carbocycles. The van der Waals surface area contributed by atoms with E-state index in [0.717, 1.165) is 16.7 Å². The zero-order chi connectivity index (χ0) is 23.8. The van der Waals surface area contributed by atoms with E-state index in [-0.39, 0.29) is 17.8 Å². The molecular weight excluding hydrogens is 453 g/mol. The molecule has 9 nitrogen and oxygen atoms in total. The standard InChI is InChI=1S/C25H20FN5O4/c26-17-6-5-16-21(15-4-2-1-3-14(15)11-28-13-27-20(17)22(16)28)31-19-12-35-10-9-29(19)25(34)23-24(33)18(32)7-8-30(23)31/h1-8,13,19,21,33H,9-12H2. The molecule has 0 saturated carbocycles. The molecule has 35 heavy (non-hydrogen) atoms. The summed E-state index contributed by atoms with van der Waals surface area (Å²) in [4.78, 5) is 31.7. The molecule has 10 heteroatoms. The highest BCUT2D eigenvalue weighted by Crippen LogP contribution is 2.41. The van der Waals surface area contributed by atoms with E-state index in [1.54, 1.807) is 22.0 Å². The van der Waals surface area contributed by atoms with E-state index in [9.17, 15) is 19.1 Å². The minimum absolute atomic E-state index is 0.0933. The Bertz CT molecular complexity index is 1590. The normalized spacial score (nSPS) is 20.9. The van der Waals surface area contributed by atoms with Gasteiger partial charge in [-0.05, 0) is 17.2 Å². The first kappa shape index (κ1) is 20.2. The number of aromatic hydroxyl groups is 1. The van der Waals surface area contributed by atoms with Gasteiger partial charge in [-0.1, -0.05) is 30.3 Å². The van der Waals surface area contributed by atoms with Gasteiger partial charge in [0.05, 0.1) is 25.1 Å². The van der Waals surface area contributed by atoms with E-state index in [1.165, 1.54) is 18.3 Å². The number of rotatable bonds is 1. The van der Waals surface area contributed by atoms with Crippen LogP contribution in [0.4, 0.5) is 4.39 Å². The Balaban J connectivity index is 1.58. The molecule has 0 spiro atoms. The molecule has 1 amide bonds. The Hall–Kier alpha value is -4.18. The highest BCUT2D eigenvalue weighted by atomic mass is 19.1. The summed E-state index contributed by atoms with van der Waals surface area (Å²) in [6.07, 6.45) is 2.63. The fourth-order valence-corrected chi connectivity index (χ4v) is 5.63. The van der Waals surface area contributed by atoms with E-state index < -0.39 is 35.1 Å². The summed E-state index contributed by atoms with van der Waals surface area (Å²) in [5.74, 6) is -1.44. The number of halogens is 1. The van der Waals surface area contributed by atoms with Crippen molar-refractivity contribution in [1.82, 2.24) is 19.1 Å². The summed E-state index contributed by atoms with van der Waals surface area (Å²) in [6.45, 7) is 1.40. The number of carbonyl (C=O) groups is 1. The predicted molar refractivity (Wildman–Crippen MR) is 123 cm³/mol. The largest absolute Gasteiger partial charge is 0.502 e. The van der Waals surface area contributed by atoms with E-state index >= 15 is 0 Å². The Morgan fingerprint density at radius 3 is 2.83 bits per heavy atom. The van der Waals surface area contributed by atoms with Gasteiger partial charge in [-0.2, -0.15) is 0 Å². The van der Waals surface area contributed by atoms with Gasteiger partial charge < -0.3 is 19.3 Å². The van der Waals surface area contributed by atoms with Gasteiger partial charge in [-0.25, -0.2) is 9.37 Å². The minimum atomic E-state index is -0.625. The van der Waals surface area contributed by atoms with Gasteiger partial charge in [0.2, 0.25) is 5.43 Å². The molecule has 1 saturated heterocycles. The SMILES string of the molecule is O=C1c2c(O)c(=O)ccn2N(C2c3ccccc3Cn3cnc4c(F)ccc2c43)C2COCCN12. The molecule has 1 N–H and O–H groups in total. The lowest BCUT2D eigenvalue weighted by atomic mass is 9.93. The smallest absolute Gasteiger partial charge is 0.278 e. The van der Waals surface area contributed by atoms with Crippen molar-refractivity contribution in [2.45, 2.75) is 18.8 Å².